The number of hydrogen-bond acceptors (Lipinski definition) is 5. The normalized spacial score (nSPS) is 11.0. The smallest absolute Gasteiger partial charge is 0.192 e. The standard InChI is InChI=1S/C19H14F2N4OS/c20-15-7-6-13(10-16(15)21)12-27-19-24-23-18(17-5-1-2-8-22-17)25(19)11-14-4-3-9-26-14/h1-10H,11-12H2. The molecule has 0 bridgehead atoms. The number of benzene rings is 1. The first-order valence-electron chi connectivity index (χ1n) is 8.14. The summed E-state index contributed by atoms with van der Waals surface area (Å²) in [5.41, 5.74) is 1.35. The summed E-state index contributed by atoms with van der Waals surface area (Å²) in [7, 11) is 0. The van der Waals surface area contributed by atoms with E-state index in [1.54, 1.807) is 18.5 Å². The van der Waals surface area contributed by atoms with Gasteiger partial charge >= 0.3 is 0 Å². The summed E-state index contributed by atoms with van der Waals surface area (Å²) in [6, 6.07) is 13.1. The molecule has 0 fully saturated rings. The SMILES string of the molecule is Fc1ccc(CSc2nnc(-c3ccccn3)n2Cc2ccco2)cc1F. The molecule has 0 saturated carbocycles. The molecule has 136 valence electrons. The Kier molecular flexibility index (Phi) is 4.97. The van der Waals surface area contributed by atoms with Gasteiger partial charge in [0.2, 0.25) is 0 Å². The molecule has 3 heterocycles. The maximum absolute atomic E-state index is 13.4. The molecular formula is C19H14F2N4OS. The molecule has 8 heteroatoms. The quantitative estimate of drug-likeness (QED) is 0.457. The third-order valence-electron chi connectivity index (χ3n) is 3.86. The van der Waals surface area contributed by atoms with Crippen LogP contribution in [-0.2, 0) is 12.3 Å². The fourth-order valence-corrected chi connectivity index (χ4v) is 3.44. The average Bonchev–Trinajstić information content (AvgIpc) is 3.34. The molecule has 0 amide bonds. The molecule has 0 aliphatic carbocycles. The van der Waals surface area contributed by atoms with Crippen molar-refractivity contribution in [3.05, 3.63) is 83.9 Å². The minimum atomic E-state index is -0.862. The molecule has 0 unspecified atom stereocenters. The Morgan fingerprint density at radius 2 is 1.93 bits per heavy atom. The van der Waals surface area contributed by atoms with E-state index in [-0.39, 0.29) is 0 Å². The zero-order valence-electron chi connectivity index (χ0n) is 14.0. The highest BCUT2D eigenvalue weighted by atomic mass is 32.2. The van der Waals surface area contributed by atoms with Crippen molar-refractivity contribution in [3.63, 3.8) is 0 Å². The summed E-state index contributed by atoms with van der Waals surface area (Å²) in [4.78, 5) is 4.34. The lowest BCUT2D eigenvalue weighted by Gasteiger charge is -2.08. The molecule has 5 nitrogen and oxygen atoms in total. The minimum absolute atomic E-state index is 0.426. The maximum Gasteiger partial charge on any atom is 0.192 e. The van der Waals surface area contributed by atoms with Crippen LogP contribution in [-0.4, -0.2) is 19.7 Å². The first kappa shape index (κ1) is 17.4. The lowest BCUT2D eigenvalue weighted by atomic mass is 10.2. The molecule has 0 aliphatic rings. The van der Waals surface area contributed by atoms with Gasteiger partial charge in [-0.25, -0.2) is 8.78 Å². The monoisotopic (exact) mass is 384 g/mol. The van der Waals surface area contributed by atoms with Crippen LogP contribution in [0.5, 0.6) is 0 Å². The Labute approximate surface area is 158 Å². The van der Waals surface area contributed by atoms with Gasteiger partial charge in [-0.15, -0.1) is 10.2 Å². The van der Waals surface area contributed by atoms with Crippen molar-refractivity contribution >= 4 is 11.8 Å². The van der Waals surface area contributed by atoms with E-state index < -0.39 is 11.6 Å². The fraction of sp³-hybridized carbons (Fsp3) is 0.105. The molecule has 0 N–H and O–H groups in total. The Bertz CT molecular complexity index is 1040. The number of hydrogen-bond donors (Lipinski definition) is 0. The second-order valence-electron chi connectivity index (χ2n) is 5.72. The number of pyridine rings is 1. The molecule has 0 atom stereocenters. The number of aromatic nitrogens is 4. The first-order chi connectivity index (χ1) is 13.2. The molecule has 0 spiro atoms. The first-order valence-corrected chi connectivity index (χ1v) is 9.13. The predicted octanol–water partition coefficient (Wildman–Crippen LogP) is 4.55. The van der Waals surface area contributed by atoms with Crippen LogP contribution in [0.25, 0.3) is 11.5 Å². The van der Waals surface area contributed by atoms with Crippen molar-refractivity contribution in [1.82, 2.24) is 19.7 Å². The largest absolute Gasteiger partial charge is 0.467 e. The number of nitrogens with zero attached hydrogens (tertiary/aromatic N) is 4. The van der Waals surface area contributed by atoms with Crippen LogP contribution in [0.3, 0.4) is 0 Å². The van der Waals surface area contributed by atoms with Crippen molar-refractivity contribution in [2.24, 2.45) is 0 Å². The molecule has 27 heavy (non-hydrogen) atoms. The highest BCUT2D eigenvalue weighted by molar-refractivity contribution is 7.98. The Balaban J connectivity index is 1.63. The van der Waals surface area contributed by atoms with Crippen LogP contribution in [0.1, 0.15) is 11.3 Å². The van der Waals surface area contributed by atoms with E-state index in [0.717, 1.165) is 11.8 Å². The van der Waals surface area contributed by atoms with E-state index in [9.17, 15) is 8.78 Å². The van der Waals surface area contributed by atoms with Gasteiger partial charge in [-0.2, -0.15) is 0 Å². The van der Waals surface area contributed by atoms with Gasteiger partial charge < -0.3 is 4.42 Å². The Morgan fingerprint density at radius 1 is 1.00 bits per heavy atom. The molecule has 4 rings (SSSR count). The van der Waals surface area contributed by atoms with Gasteiger partial charge in [0.05, 0.1) is 12.8 Å². The van der Waals surface area contributed by atoms with E-state index in [1.807, 2.05) is 34.9 Å². The average molecular weight is 384 g/mol. The predicted molar refractivity (Wildman–Crippen MR) is 97.0 cm³/mol. The van der Waals surface area contributed by atoms with Crippen LogP contribution in [0.15, 0.2) is 70.6 Å². The zero-order valence-corrected chi connectivity index (χ0v) is 14.9. The molecule has 4 aromatic rings. The van der Waals surface area contributed by atoms with Crippen molar-refractivity contribution in [2.45, 2.75) is 17.5 Å². The van der Waals surface area contributed by atoms with Crippen LogP contribution in [0.2, 0.25) is 0 Å². The van der Waals surface area contributed by atoms with Crippen molar-refractivity contribution in [2.75, 3.05) is 0 Å². The summed E-state index contributed by atoms with van der Waals surface area (Å²) >= 11 is 1.38. The fourth-order valence-electron chi connectivity index (χ4n) is 2.56. The van der Waals surface area contributed by atoms with Gasteiger partial charge in [0.1, 0.15) is 11.5 Å². The maximum atomic E-state index is 13.4. The molecule has 1 aromatic carbocycles. The topological polar surface area (TPSA) is 56.7 Å². The second kappa shape index (κ2) is 7.71. The van der Waals surface area contributed by atoms with E-state index in [4.69, 9.17) is 4.42 Å². The van der Waals surface area contributed by atoms with Crippen molar-refractivity contribution in [1.29, 1.82) is 0 Å². The number of halogens is 2. The van der Waals surface area contributed by atoms with E-state index in [0.29, 0.717) is 34.5 Å². The minimum Gasteiger partial charge on any atom is -0.467 e. The van der Waals surface area contributed by atoms with E-state index in [1.165, 1.54) is 17.8 Å². The summed E-state index contributed by atoms with van der Waals surface area (Å²) in [6.45, 7) is 0.437. The van der Waals surface area contributed by atoms with Crippen LogP contribution >= 0.6 is 11.8 Å². The van der Waals surface area contributed by atoms with Gasteiger partial charge in [-0.05, 0) is 42.0 Å². The zero-order chi connectivity index (χ0) is 18.6. The highest BCUT2D eigenvalue weighted by Gasteiger charge is 2.17. The van der Waals surface area contributed by atoms with E-state index in [2.05, 4.69) is 15.2 Å². The Morgan fingerprint density at radius 3 is 2.67 bits per heavy atom. The van der Waals surface area contributed by atoms with Crippen LogP contribution < -0.4 is 0 Å². The highest BCUT2D eigenvalue weighted by Crippen LogP contribution is 2.27. The van der Waals surface area contributed by atoms with Crippen LogP contribution in [0.4, 0.5) is 8.78 Å². The molecular weight excluding hydrogens is 370 g/mol. The van der Waals surface area contributed by atoms with Crippen LogP contribution in [0, 0.1) is 11.6 Å². The molecule has 0 radical (unpaired) electrons. The number of rotatable bonds is 6. The summed E-state index contributed by atoms with van der Waals surface area (Å²) < 4.78 is 33.9. The van der Waals surface area contributed by atoms with Gasteiger partial charge in [0, 0.05) is 11.9 Å². The van der Waals surface area contributed by atoms with Crippen molar-refractivity contribution in [3.8, 4) is 11.5 Å². The summed E-state index contributed by atoms with van der Waals surface area (Å²) in [5, 5.41) is 9.16. The van der Waals surface area contributed by atoms with Gasteiger partial charge in [0.25, 0.3) is 0 Å². The third-order valence-corrected chi connectivity index (χ3v) is 4.89. The van der Waals surface area contributed by atoms with E-state index >= 15 is 0 Å². The lowest BCUT2D eigenvalue weighted by molar-refractivity contribution is 0.485. The summed E-state index contributed by atoms with van der Waals surface area (Å²) in [5.74, 6) is 0.0679. The summed E-state index contributed by atoms with van der Waals surface area (Å²) in [6.07, 6.45) is 3.30. The third kappa shape index (κ3) is 3.90. The molecule has 3 aromatic heterocycles. The Hall–Kier alpha value is -3.00. The molecule has 0 saturated heterocycles. The number of furan rings is 1. The second-order valence-corrected chi connectivity index (χ2v) is 6.67. The molecule has 0 aliphatic heterocycles. The van der Waals surface area contributed by atoms with Gasteiger partial charge in [0.15, 0.2) is 22.6 Å². The van der Waals surface area contributed by atoms with Crippen molar-refractivity contribution < 1.29 is 13.2 Å². The van der Waals surface area contributed by atoms with Gasteiger partial charge in [-0.3, -0.25) is 9.55 Å². The lowest BCUT2D eigenvalue weighted by Crippen LogP contribution is -2.04. The number of thioether (sulfide) groups is 1. The van der Waals surface area contributed by atoms with Gasteiger partial charge in [-0.1, -0.05) is 23.9 Å².